The molecule has 3 rings (SSSR count). The Labute approximate surface area is 186 Å². The summed E-state index contributed by atoms with van der Waals surface area (Å²) in [4.78, 5) is 36.0. The minimum Gasteiger partial charge on any atom is -0.452 e. The first-order valence-corrected chi connectivity index (χ1v) is 11.7. The van der Waals surface area contributed by atoms with Gasteiger partial charge in [0, 0.05) is 19.6 Å². The molecule has 0 aliphatic carbocycles. The first-order valence-electron chi connectivity index (χ1n) is 10.3. The van der Waals surface area contributed by atoms with Gasteiger partial charge in [0.15, 0.2) is 6.61 Å². The van der Waals surface area contributed by atoms with Crippen LogP contribution in [0.5, 0.6) is 0 Å². The van der Waals surface area contributed by atoms with E-state index in [4.69, 9.17) is 4.74 Å². The topological polar surface area (TPSA) is 122 Å². The third kappa shape index (κ3) is 6.38. The molecule has 0 atom stereocenters. The van der Waals surface area contributed by atoms with E-state index in [1.54, 1.807) is 0 Å². The normalized spacial score (nSPS) is 14.4. The number of urea groups is 1. The Balaban J connectivity index is 1.50. The molecule has 1 heterocycles. The summed E-state index contributed by atoms with van der Waals surface area (Å²) in [7, 11) is -3.70. The highest BCUT2D eigenvalue weighted by atomic mass is 32.2. The smallest absolute Gasteiger partial charge is 0.338 e. The van der Waals surface area contributed by atoms with Gasteiger partial charge in [-0.2, -0.15) is 4.31 Å². The van der Waals surface area contributed by atoms with Crippen LogP contribution < -0.4 is 10.6 Å². The lowest BCUT2D eigenvalue weighted by Gasteiger charge is -2.25. The molecule has 0 unspecified atom stereocenters. The summed E-state index contributed by atoms with van der Waals surface area (Å²) >= 11 is 0. The summed E-state index contributed by atoms with van der Waals surface area (Å²) in [6.07, 6.45) is 2.59. The number of nitrogens with one attached hydrogen (secondary N) is 2. The molecule has 2 aromatic carbocycles. The fourth-order valence-electron chi connectivity index (χ4n) is 3.24. The second-order valence-corrected chi connectivity index (χ2v) is 9.22. The number of benzene rings is 2. The Morgan fingerprint density at radius 2 is 1.66 bits per heavy atom. The molecule has 3 amide bonds. The number of carbonyl (C=O) groups is 3. The number of piperidine rings is 1. The van der Waals surface area contributed by atoms with Gasteiger partial charge in [-0.3, -0.25) is 10.1 Å². The van der Waals surface area contributed by atoms with Gasteiger partial charge in [-0.15, -0.1) is 0 Å². The molecule has 32 heavy (non-hydrogen) atoms. The van der Waals surface area contributed by atoms with Crippen molar-refractivity contribution in [3.05, 3.63) is 65.7 Å². The molecule has 1 fully saturated rings. The van der Waals surface area contributed by atoms with Crippen LogP contribution in [0.4, 0.5) is 4.79 Å². The summed E-state index contributed by atoms with van der Waals surface area (Å²) in [6.45, 7) is 0.450. The molecule has 170 valence electrons. The van der Waals surface area contributed by atoms with E-state index in [1.165, 1.54) is 28.6 Å². The van der Waals surface area contributed by atoms with Crippen LogP contribution in [-0.4, -0.2) is 50.3 Å². The molecule has 0 radical (unpaired) electrons. The highest BCUT2D eigenvalue weighted by Crippen LogP contribution is 2.21. The van der Waals surface area contributed by atoms with Crippen LogP contribution in [0.3, 0.4) is 0 Å². The Bertz CT molecular complexity index is 1070. The van der Waals surface area contributed by atoms with Gasteiger partial charge in [-0.05, 0) is 36.6 Å². The predicted molar refractivity (Wildman–Crippen MR) is 116 cm³/mol. The summed E-state index contributed by atoms with van der Waals surface area (Å²) in [5, 5.41) is 4.59. The van der Waals surface area contributed by atoms with Gasteiger partial charge in [-0.1, -0.05) is 42.8 Å². The molecule has 2 aromatic rings. The first kappa shape index (κ1) is 23.4. The lowest BCUT2D eigenvalue weighted by molar-refractivity contribution is -0.123. The van der Waals surface area contributed by atoms with Gasteiger partial charge in [0.25, 0.3) is 5.91 Å². The van der Waals surface area contributed by atoms with Crippen LogP contribution in [0.15, 0.2) is 59.5 Å². The van der Waals surface area contributed by atoms with Crippen molar-refractivity contribution in [3.63, 3.8) is 0 Å². The van der Waals surface area contributed by atoms with E-state index in [2.05, 4.69) is 10.6 Å². The number of hydrogen-bond donors (Lipinski definition) is 2. The number of nitrogens with zero attached hydrogens (tertiary/aromatic N) is 1. The molecule has 10 heteroatoms. The Kier molecular flexibility index (Phi) is 7.96. The van der Waals surface area contributed by atoms with E-state index in [0.29, 0.717) is 13.1 Å². The van der Waals surface area contributed by atoms with E-state index >= 15 is 0 Å². The third-order valence-electron chi connectivity index (χ3n) is 4.91. The van der Waals surface area contributed by atoms with E-state index < -0.39 is 34.5 Å². The summed E-state index contributed by atoms with van der Waals surface area (Å²) < 4.78 is 31.9. The van der Waals surface area contributed by atoms with Crippen LogP contribution in [0.1, 0.15) is 35.2 Å². The lowest BCUT2D eigenvalue weighted by atomic mass is 10.2. The first-order chi connectivity index (χ1) is 15.4. The van der Waals surface area contributed by atoms with E-state index in [9.17, 15) is 22.8 Å². The maximum Gasteiger partial charge on any atom is 0.338 e. The monoisotopic (exact) mass is 459 g/mol. The minimum absolute atomic E-state index is 0.00130. The molecule has 0 saturated carbocycles. The van der Waals surface area contributed by atoms with Crippen molar-refractivity contribution in [1.82, 2.24) is 14.9 Å². The average molecular weight is 460 g/mol. The van der Waals surface area contributed by atoms with Gasteiger partial charge in [0.05, 0.1) is 10.5 Å². The van der Waals surface area contributed by atoms with Gasteiger partial charge in [0.2, 0.25) is 10.0 Å². The van der Waals surface area contributed by atoms with Crippen molar-refractivity contribution in [2.45, 2.75) is 30.7 Å². The molecule has 2 N–H and O–H groups in total. The van der Waals surface area contributed by atoms with Crippen molar-refractivity contribution in [2.75, 3.05) is 19.7 Å². The zero-order chi connectivity index (χ0) is 23.0. The Morgan fingerprint density at radius 1 is 0.938 bits per heavy atom. The summed E-state index contributed by atoms with van der Waals surface area (Å²) in [5.74, 6) is -1.67. The summed E-state index contributed by atoms with van der Waals surface area (Å²) in [6, 6.07) is 13.9. The molecule has 1 aliphatic rings. The van der Waals surface area contributed by atoms with Crippen LogP contribution in [-0.2, 0) is 26.1 Å². The number of imide groups is 1. The largest absolute Gasteiger partial charge is 0.452 e. The standard InChI is InChI=1S/C22H25N3O6S/c26-20(24-22(28)23-15-17-8-3-1-4-9-17)16-31-21(27)18-10-7-11-19(14-18)32(29,30)25-12-5-2-6-13-25/h1,3-4,7-11,14H,2,5-6,12-13,15-16H2,(H2,23,24,26,28). The third-order valence-corrected chi connectivity index (χ3v) is 6.80. The molecule has 0 bridgehead atoms. The van der Waals surface area contributed by atoms with Crippen LogP contribution in [0.2, 0.25) is 0 Å². The number of carbonyl (C=O) groups excluding carboxylic acids is 3. The van der Waals surface area contributed by atoms with E-state index in [-0.39, 0.29) is 17.0 Å². The molecule has 1 saturated heterocycles. The lowest BCUT2D eigenvalue weighted by Crippen LogP contribution is -2.41. The molecular formula is C22H25N3O6S. The van der Waals surface area contributed by atoms with Crippen molar-refractivity contribution in [3.8, 4) is 0 Å². The maximum absolute atomic E-state index is 12.8. The number of ether oxygens (including phenoxy) is 1. The fraction of sp³-hybridized carbons (Fsp3) is 0.318. The number of rotatable bonds is 7. The van der Waals surface area contributed by atoms with Crippen molar-refractivity contribution in [1.29, 1.82) is 0 Å². The fourth-order valence-corrected chi connectivity index (χ4v) is 4.80. The minimum atomic E-state index is -3.70. The van der Waals surface area contributed by atoms with Crippen LogP contribution in [0, 0.1) is 0 Å². The Morgan fingerprint density at radius 3 is 2.38 bits per heavy atom. The quantitative estimate of drug-likeness (QED) is 0.611. The molecule has 0 spiro atoms. The van der Waals surface area contributed by atoms with Crippen LogP contribution >= 0.6 is 0 Å². The highest BCUT2D eigenvalue weighted by Gasteiger charge is 2.26. The number of sulfonamides is 1. The second-order valence-electron chi connectivity index (χ2n) is 7.29. The van der Waals surface area contributed by atoms with Crippen LogP contribution in [0.25, 0.3) is 0 Å². The van der Waals surface area contributed by atoms with Gasteiger partial charge in [-0.25, -0.2) is 18.0 Å². The molecule has 0 aromatic heterocycles. The molecular weight excluding hydrogens is 434 g/mol. The number of esters is 1. The molecule has 1 aliphatic heterocycles. The van der Waals surface area contributed by atoms with Crippen molar-refractivity contribution in [2.24, 2.45) is 0 Å². The van der Waals surface area contributed by atoms with Gasteiger partial charge < -0.3 is 10.1 Å². The SMILES string of the molecule is O=C(COC(=O)c1cccc(S(=O)(=O)N2CCCCC2)c1)NC(=O)NCc1ccccc1. The Hall–Kier alpha value is -3.24. The van der Waals surface area contributed by atoms with Gasteiger partial charge in [0.1, 0.15) is 0 Å². The number of amides is 3. The highest BCUT2D eigenvalue weighted by molar-refractivity contribution is 7.89. The van der Waals surface area contributed by atoms with Gasteiger partial charge >= 0.3 is 12.0 Å². The zero-order valence-corrected chi connectivity index (χ0v) is 18.3. The summed E-state index contributed by atoms with van der Waals surface area (Å²) in [5.41, 5.74) is 0.866. The number of hydrogen-bond acceptors (Lipinski definition) is 6. The zero-order valence-electron chi connectivity index (χ0n) is 17.5. The maximum atomic E-state index is 12.8. The predicted octanol–water partition coefficient (Wildman–Crippen LogP) is 2.04. The second kappa shape index (κ2) is 10.9. The van der Waals surface area contributed by atoms with E-state index in [1.807, 2.05) is 30.3 Å². The average Bonchev–Trinajstić information content (AvgIpc) is 2.82. The van der Waals surface area contributed by atoms with E-state index in [0.717, 1.165) is 24.8 Å². The van der Waals surface area contributed by atoms with Crippen molar-refractivity contribution >= 4 is 27.9 Å². The molecule has 9 nitrogen and oxygen atoms in total. The van der Waals surface area contributed by atoms with Crippen molar-refractivity contribution < 1.29 is 27.5 Å².